The zero-order chi connectivity index (χ0) is 13.4. The highest BCUT2D eigenvalue weighted by Gasteiger charge is 2.13. The number of aliphatic hydroxyl groups excluding tert-OH is 1. The van der Waals surface area contributed by atoms with E-state index in [0.29, 0.717) is 11.9 Å². The van der Waals surface area contributed by atoms with Crippen molar-refractivity contribution in [3.05, 3.63) is 12.3 Å². The molecule has 0 amide bonds. The van der Waals surface area contributed by atoms with Gasteiger partial charge in [0.25, 0.3) is 0 Å². The smallest absolute Gasteiger partial charge is 0.224 e. The summed E-state index contributed by atoms with van der Waals surface area (Å²) < 4.78 is 0. The maximum absolute atomic E-state index is 9.05. The third kappa shape index (κ3) is 4.87. The summed E-state index contributed by atoms with van der Waals surface area (Å²) in [4.78, 5) is 8.56. The van der Waals surface area contributed by atoms with Crippen LogP contribution >= 0.6 is 0 Å². The summed E-state index contributed by atoms with van der Waals surface area (Å²) in [5, 5.41) is 15.6. The van der Waals surface area contributed by atoms with Gasteiger partial charge in [-0.3, -0.25) is 0 Å². The number of hydrogen-bond donors (Lipinski definition) is 3. The molecule has 1 heterocycles. The molecule has 0 radical (unpaired) electrons. The predicted octanol–water partition coefficient (Wildman–Crippen LogP) is 2.12. The van der Waals surface area contributed by atoms with Crippen molar-refractivity contribution >= 4 is 11.8 Å². The van der Waals surface area contributed by atoms with Crippen LogP contribution in [-0.4, -0.2) is 34.3 Å². The molecule has 0 saturated carbocycles. The molecule has 102 valence electrons. The Labute approximate surface area is 109 Å². The lowest BCUT2D eigenvalue weighted by Gasteiger charge is -2.22. The average molecular weight is 252 g/mol. The summed E-state index contributed by atoms with van der Waals surface area (Å²) in [5.41, 5.74) is 0. The van der Waals surface area contributed by atoms with E-state index in [0.717, 1.165) is 25.2 Å². The maximum atomic E-state index is 9.05. The Kier molecular flexibility index (Phi) is 6.43. The van der Waals surface area contributed by atoms with E-state index in [1.807, 2.05) is 6.07 Å². The van der Waals surface area contributed by atoms with Crippen LogP contribution in [0.3, 0.4) is 0 Å². The molecule has 0 aromatic carbocycles. The van der Waals surface area contributed by atoms with E-state index in [1.165, 1.54) is 0 Å². The van der Waals surface area contributed by atoms with Crippen molar-refractivity contribution in [3.63, 3.8) is 0 Å². The molecule has 0 aliphatic heterocycles. The van der Waals surface area contributed by atoms with Crippen molar-refractivity contribution in [1.82, 2.24) is 9.97 Å². The van der Waals surface area contributed by atoms with E-state index in [1.54, 1.807) is 6.20 Å². The Morgan fingerprint density at radius 2 is 2.17 bits per heavy atom. The van der Waals surface area contributed by atoms with Crippen LogP contribution in [0.2, 0.25) is 0 Å². The van der Waals surface area contributed by atoms with Crippen molar-refractivity contribution in [1.29, 1.82) is 0 Å². The second kappa shape index (κ2) is 7.87. The third-order valence-corrected chi connectivity index (χ3v) is 2.77. The Morgan fingerprint density at radius 1 is 1.39 bits per heavy atom. The SMILES string of the molecule is CCCNc1nccc(NC(CCO)C(C)C)n1. The van der Waals surface area contributed by atoms with Gasteiger partial charge in [-0.25, -0.2) is 4.98 Å². The molecule has 3 N–H and O–H groups in total. The second-order valence-electron chi connectivity index (χ2n) is 4.70. The lowest BCUT2D eigenvalue weighted by molar-refractivity contribution is 0.267. The first-order valence-electron chi connectivity index (χ1n) is 6.61. The number of hydrogen-bond acceptors (Lipinski definition) is 5. The highest BCUT2D eigenvalue weighted by molar-refractivity contribution is 5.40. The molecule has 5 heteroatoms. The third-order valence-electron chi connectivity index (χ3n) is 2.77. The van der Waals surface area contributed by atoms with E-state index >= 15 is 0 Å². The largest absolute Gasteiger partial charge is 0.396 e. The summed E-state index contributed by atoms with van der Waals surface area (Å²) in [5.74, 6) is 1.89. The van der Waals surface area contributed by atoms with Crippen molar-refractivity contribution < 1.29 is 5.11 Å². The van der Waals surface area contributed by atoms with E-state index < -0.39 is 0 Å². The zero-order valence-electron chi connectivity index (χ0n) is 11.5. The molecule has 0 aliphatic carbocycles. The number of aliphatic hydroxyl groups is 1. The van der Waals surface area contributed by atoms with Gasteiger partial charge in [0.05, 0.1) is 0 Å². The summed E-state index contributed by atoms with van der Waals surface area (Å²) >= 11 is 0. The summed E-state index contributed by atoms with van der Waals surface area (Å²) in [6, 6.07) is 2.08. The van der Waals surface area contributed by atoms with Gasteiger partial charge in [-0.1, -0.05) is 20.8 Å². The molecule has 0 spiro atoms. The predicted molar refractivity (Wildman–Crippen MR) is 74.8 cm³/mol. The van der Waals surface area contributed by atoms with Gasteiger partial charge in [0, 0.05) is 25.4 Å². The monoisotopic (exact) mass is 252 g/mol. The van der Waals surface area contributed by atoms with Crippen LogP contribution in [0.4, 0.5) is 11.8 Å². The topological polar surface area (TPSA) is 70.1 Å². The first-order valence-corrected chi connectivity index (χ1v) is 6.61. The maximum Gasteiger partial charge on any atom is 0.224 e. The average Bonchev–Trinajstić information content (AvgIpc) is 2.36. The van der Waals surface area contributed by atoms with Gasteiger partial charge in [-0.05, 0) is 24.8 Å². The lowest BCUT2D eigenvalue weighted by atomic mass is 10.0. The molecule has 0 fully saturated rings. The quantitative estimate of drug-likeness (QED) is 0.661. The van der Waals surface area contributed by atoms with Crippen LogP contribution in [0.15, 0.2) is 12.3 Å². The fraction of sp³-hybridized carbons (Fsp3) is 0.692. The Hall–Kier alpha value is -1.36. The standard InChI is InChI=1S/C13H24N4O/c1-4-7-14-13-15-8-5-12(17-13)16-11(6-9-18)10(2)3/h5,8,10-11,18H,4,6-7,9H2,1-3H3,(H2,14,15,16,17). The van der Waals surface area contributed by atoms with Gasteiger partial charge in [0.1, 0.15) is 5.82 Å². The van der Waals surface area contributed by atoms with Crippen LogP contribution in [0.5, 0.6) is 0 Å². The fourth-order valence-electron chi connectivity index (χ4n) is 1.66. The van der Waals surface area contributed by atoms with Crippen LogP contribution in [0.1, 0.15) is 33.6 Å². The van der Waals surface area contributed by atoms with Crippen molar-refractivity contribution in [3.8, 4) is 0 Å². The molecule has 0 aliphatic rings. The van der Waals surface area contributed by atoms with Gasteiger partial charge in [0.2, 0.25) is 5.95 Å². The first kappa shape index (κ1) is 14.7. The minimum atomic E-state index is 0.182. The van der Waals surface area contributed by atoms with Gasteiger partial charge in [-0.15, -0.1) is 0 Å². The summed E-state index contributed by atoms with van der Waals surface area (Å²) in [6.07, 6.45) is 3.50. The number of aromatic nitrogens is 2. The molecule has 5 nitrogen and oxygen atoms in total. The highest BCUT2D eigenvalue weighted by atomic mass is 16.3. The number of rotatable bonds is 8. The Morgan fingerprint density at radius 3 is 2.78 bits per heavy atom. The number of nitrogens with zero attached hydrogens (tertiary/aromatic N) is 2. The normalized spacial score (nSPS) is 12.5. The lowest BCUT2D eigenvalue weighted by Crippen LogP contribution is -2.27. The molecule has 1 rings (SSSR count). The minimum absolute atomic E-state index is 0.182. The first-order chi connectivity index (χ1) is 8.67. The summed E-state index contributed by atoms with van der Waals surface area (Å²) in [7, 11) is 0. The van der Waals surface area contributed by atoms with Gasteiger partial charge in [-0.2, -0.15) is 4.98 Å². The van der Waals surface area contributed by atoms with Gasteiger partial charge < -0.3 is 15.7 Å². The van der Waals surface area contributed by atoms with E-state index in [2.05, 4.69) is 41.4 Å². The van der Waals surface area contributed by atoms with Crippen molar-refractivity contribution in [2.75, 3.05) is 23.8 Å². The van der Waals surface area contributed by atoms with Crippen LogP contribution in [-0.2, 0) is 0 Å². The highest BCUT2D eigenvalue weighted by Crippen LogP contribution is 2.14. The molecule has 18 heavy (non-hydrogen) atoms. The molecule has 0 saturated heterocycles. The molecule has 1 atom stereocenters. The van der Waals surface area contributed by atoms with Gasteiger partial charge in [0.15, 0.2) is 0 Å². The van der Waals surface area contributed by atoms with Gasteiger partial charge >= 0.3 is 0 Å². The minimum Gasteiger partial charge on any atom is -0.396 e. The molecule has 1 unspecified atom stereocenters. The molecule has 0 bridgehead atoms. The van der Waals surface area contributed by atoms with Crippen molar-refractivity contribution in [2.45, 2.75) is 39.7 Å². The zero-order valence-corrected chi connectivity index (χ0v) is 11.5. The number of anilines is 2. The Bertz CT molecular complexity index is 344. The molecule has 1 aromatic heterocycles. The molecule has 1 aromatic rings. The van der Waals surface area contributed by atoms with Crippen molar-refractivity contribution in [2.24, 2.45) is 5.92 Å². The molecular weight excluding hydrogens is 228 g/mol. The van der Waals surface area contributed by atoms with Crippen LogP contribution < -0.4 is 10.6 Å². The second-order valence-corrected chi connectivity index (χ2v) is 4.70. The number of nitrogens with one attached hydrogen (secondary N) is 2. The molecular formula is C13H24N4O. The van der Waals surface area contributed by atoms with Crippen LogP contribution in [0, 0.1) is 5.92 Å². The van der Waals surface area contributed by atoms with E-state index in [4.69, 9.17) is 5.11 Å². The Balaban J connectivity index is 2.64. The summed E-state index contributed by atoms with van der Waals surface area (Å²) in [6.45, 7) is 7.41. The van der Waals surface area contributed by atoms with E-state index in [-0.39, 0.29) is 12.6 Å². The fourth-order valence-corrected chi connectivity index (χ4v) is 1.66. The van der Waals surface area contributed by atoms with Crippen LogP contribution in [0.25, 0.3) is 0 Å². The van der Waals surface area contributed by atoms with E-state index in [9.17, 15) is 0 Å².